The Morgan fingerprint density at radius 3 is 2.60 bits per heavy atom. The Morgan fingerprint density at radius 1 is 1.26 bits per heavy atom. The average Bonchev–Trinajstić information content (AvgIpc) is 3.38. The molecule has 190 valence electrons. The van der Waals surface area contributed by atoms with Crippen molar-refractivity contribution in [3.05, 3.63) is 38.5 Å². The smallest absolute Gasteiger partial charge is 0.341 e. The molecular weight excluding hydrogens is 518 g/mol. The maximum atomic E-state index is 12.3. The van der Waals surface area contributed by atoms with Crippen LogP contribution >= 0.6 is 22.9 Å². The Balaban J connectivity index is 1.61. The summed E-state index contributed by atoms with van der Waals surface area (Å²) < 4.78 is 35.0. The van der Waals surface area contributed by atoms with Crippen LogP contribution in [-0.2, 0) is 28.9 Å². The number of carbonyl (C=O) groups excluding carboxylic acids is 3. The van der Waals surface area contributed by atoms with Crippen LogP contribution in [0.25, 0.3) is 6.08 Å². The number of sulfone groups is 1. The molecule has 0 saturated carbocycles. The van der Waals surface area contributed by atoms with E-state index in [4.69, 9.17) is 21.1 Å². The first-order valence-corrected chi connectivity index (χ1v) is 13.8. The van der Waals surface area contributed by atoms with Crippen LogP contribution in [0.2, 0.25) is 5.15 Å². The van der Waals surface area contributed by atoms with Gasteiger partial charge in [-0.1, -0.05) is 11.6 Å². The number of thiophene rings is 1. The van der Waals surface area contributed by atoms with E-state index in [0.717, 1.165) is 11.0 Å². The van der Waals surface area contributed by atoms with Crippen molar-refractivity contribution in [2.45, 2.75) is 40.2 Å². The average molecular weight is 544 g/mol. The topological polar surface area (TPSA) is 134 Å². The van der Waals surface area contributed by atoms with Gasteiger partial charge in [-0.2, -0.15) is 5.10 Å². The molecule has 1 N–H and O–H groups in total. The standard InChI is InChI=1S/C22H26ClN3O7S2/c1-5-32-22(29)19-12(2)14(4)34-21(19)24-17(27)10-33-18(28)7-6-16-13(3)25-26(20(16)23)15-8-9-35(30,31)11-15/h6-7,15H,5,8-11H2,1-4H3,(H,24,27)/b7-6+/t15-/m1/s1. The number of hydrogen-bond acceptors (Lipinski definition) is 9. The second-order valence-electron chi connectivity index (χ2n) is 7.99. The third-order valence-corrected chi connectivity index (χ3v) is 8.72. The molecule has 0 radical (unpaired) electrons. The third kappa shape index (κ3) is 6.30. The monoisotopic (exact) mass is 543 g/mol. The Bertz CT molecular complexity index is 1290. The zero-order valence-electron chi connectivity index (χ0n) is 19.7. The molecular formula is C22H26ClN3O7S2. The lowest BCUT2D eigenvalue weighted by atomic mass is 10.1. The highest BCUT2D eigenvalue weighted by Crippen LogP contribution is 2.33. The van der Waals surface area contributed by atoms with E-state index in [1.807, 2.05) is 6.92 Å². The molecule has 10 nitrogen and oxygen atoms in total. The number of esters is 2. The molecule has 2 aromatic heterocycles. The van der Waals surface area contributed by atoms with Crippen molar-refractivity contribution in [1.82, 2.24) is 9.78 Å². The number of hydrogen-bond donors (Lipinski definition) is 1. The summed E-state index contributed by atoms with van der Waals surface area (Å²) in [4.78, 5) is 37.6. The largest absolute Gasteiger partial charge is 0.462 e. The van der Waals surface area contributed by atoms with Crippen molar-refractivity contribution >= 4 is 61.7 Å². The second-order valence-corrected chi connectivity index (χ2v) is 11.8. The summed E-state index contributed by atoms with van der Waals surface area (Å²) in [5.41, 5.74) is 1.98. The van der Waals surface area contributed by atoms with Crippen LogP contribution < -0.4 is 5.32 Å². The van der Waals surface area contributed by atoms with Gasteiger partial charge in [0.05, 0.1) is 35.4 Å². The summed E-state index contributed by atoms with van der Waals surface area (Å²) in [6.07, 6.45) is 2.95. The molecule has 3 heterocycles. The van der Waals surface area contributed by atoms with Gasteiger partial charge in [-0.15, -0.1) is 11.3 Å². The van der Waals surface area contributed by atoms with E-state index in [0.29, 0.717) is 28.2 Å². The number of ether oxygens (including phenoxy) is 2. The van der Waals surface area contributed by atoms with Crippen molar-refractivity contribution in [3.63, 3.8) is 0 Å². The first-order valence-electron chi connectivity index (χ1n) is 10.8. The van der Waals surface area contributed by atoms with E-state index in [2.05, 4.69) is 10.4 Å². The van der Waals surface area contributed by atoms with Crippen molar-refractivity contribution in [2.24, 2.45) is 0 Å². The Labute approximate surface area is 212 Å². The van der Waals surface area contributed by atoms with Crippen LogP contribution in [0.15, 0.2) is 6.08 Å². The molecule has 2 aromatic rings. The number of aromatic nitrogens is 2. The van der Waals surface area contributed by atoms with Crippen molar-refractivity contribution in [3.8, 4) is 0 Å². The minimum absolute atomic E-state index is 0.0324. The number of aryl methyl sites for hydroxylation is 2. The van der Waals surface area contributed by atoms with Crippen LogP contribution in [0.4, 0.5) is 5.00 Å². The first kappa shape index (κ1) is 26.9. The van der Waals surface area contributed by atoms with Gasteiger partial charge >= 0.3 is 11.9 Å². The highest BCUT2D eigenvalue weighted by Gasteiger charge is 2.31. The number of carbonyl (C=O) groups is 3. The van der Waals surface area contributed by atoms with Crippen molar-refractivity contribution in [2.75, 3.05) is 30.0 Å². The minimum Gasteiger partial charge on any atom is -0.462 e. The number of nitrogens with zero attached hydrogens (tertiary/aromatic N) is 2. The molecule has 0 unspecified atom stereocenters. The third-order valence-electron chi connectivity index (χ3n) is 5.47. The number of nitrogens with one attached hydrogen (secondary N) is 1. The minimum atomic E-state index is -3.11. The van der Waals surface area contributed by atoms with Gasteiger partial charge < -0.3 is 14.8 Å². The summed E-state index contributed by atoms with van der Waals surface area (Å²) in [7, 11) is -3.11. The fourth-order valence-corrected chi connectivity index (χ4v) is 6.73. The van der Waals surface area contributed by atoms with Crippen molar-refractivity contribution in [1.29, 1.82) is 0 Å². The zero-order valence-corrected chi connectivity index (χ0v) is 22.1. The van der Waals surface area contributed by atoms with E-state index in [1.165, 1.54) is 22.1 Å². The molecule has 1 amide bonds. The molecule has 13 heteroatoms. The van der Waals surface area contributed by atoms with Crippen LogP contribution in [0.1, 0.15) is 51.4 Å². The lowest BCUT2D eigenvalue weighted by Gasteiger charge is -2.09. The molecule has 1 saturated heterocycles. The normalized spacial score (nSPS) is 17.0. The van der Waals surface area contributed by atoms with E-state index in [1.54, 1.807) is 20.8 Å². The van der Waals surface area contributed by atoms with Gasteiger partial charge in [0, 0.05) is 16.5 Å². The lowest BCUT2D eigenvalue weighted by molar-refractivity contribution is -0.142. The van der Waals surface area contributed by atoms with Crippen LogP contribution in [0.3, 0.4) is 0 Å². The Hall–Kier alpha value is -2.70. The number of amides is 1. The molecule has 3 rings (SSSR count). The van der Waals surface area contributed by atoms with E-state index in [-0.39, 0.29) is 34.9 Å². The van der Waals surface area contributed by atoms with Crippen molar-refractivity contribution < 1.29 is 32.3 Å². The van der Waals surface area contributed by atoms with Gasteiger partial charge in [-0.05, 0) is 45.8 Å². The summed E-state index contributed by atoms with van der Waals surface area (Å²) in [6.45, 7) is 6.61. The summed E-state index contributed by atoms with van der Waals surface area (Å²) in [5, 5.41) is 7.47. The summed E-state index contributed by atoms with van der Waals surface area (Å²) in [5.74, 6) is -1.88. The predicted molar refractivity (Wildman–Crippen MR) is 133 cm³/mol. The quantitative estimate of drug-likeness (QED) is 0.396. The maximum absolute atomic E-state index is 12.3. The molecule has 0 aromatic carbocycles. The highest BCUT2D eigenvalue weighted by molar-refractivity contribution is 7.91. The second kappa shape index (κ2) is 10.9. The van der Waals surface area contributed by atoms with Gasteiger partial charge in [0.2, 0.25) is 0 Å². The van der Waals surface area contributed by atoms with Crippen LogP contribution in [0.5, 0.6) is 0 Å². The first-order chi connectivity index (χ1) is 16.4. The van der Waals surface area contributed by atoms with Crippen LogP contribution in [-0.4, -0.2) is 60.8 Å². The van der Waals surface area contributed by atoms with Gasteiger partial charge in [0.1, 0.15) is 10.2 Å². The molecule has 1 fully saturated rings. The molecule has 1 aliphatic heterocycles. The summed E-state index contributed by atoms with van der Waals surface area (Å²) in [6, 6.07) is -0.354. The van der Waals surface area contributed by atoms with E-state index < -0.39 is 34.3 Å². The highest BCUT2D eigenvalue weighted by atomic mass is 35.5. The summed E-state index contributed by atoms with van der Waals surface area (Å²) >= 11 is 7.62. The fraction of sp³-hybridized carbons (Fsp3) is 0.455. The fourth-order valence-electron chi connectivity index (χ4n) is 3.59. The van der Waals surface area contributed by atoms with Gasteiger partial charge in [0.15, 0.2) is 16.4 Å². The number of anilines is 1. The van der Waals surface area contributed by atoms with Gasteiger partial charge in [-0.25, -0.2) is 22.7 Å². The molecule has 1 atom stereocenters. The lowest BCUT2D eigenvalue weighted by Crippen LogP contribution is -2.21. The predicted octanol–water partition coefficient (Wildman–Crippen LogP) is 3.25. The number of halogens is 1. The SMILES string of the molecule is CCOC(=O)c1c(NC(=O)COC(=O)/C=C/c2c(C)nn([C@@H]3CCS(=O)(=O)C3)c2Cl)sc(C)c1C. The molecule has 0 spiro atoms. The Morgan fingerprint density at radius 2 is 1.97 bits per heavy atom. The molecule has 0 bridgehead atoms. The van der Waals surface area contributed by atoms with Gasteiger partial charge in [-0.3, -0.25) is 4.79 Å². The maximum Gasteiger partial charge on any atom is 0.341 e. The molecule has 35 heavy (non-hydrogen) atoms. The van der Waals surface area contributed by atoms with Crippen LogP contribution in [0, 0.1) is 20.8 Å². The van der Waals surface area contributed by atoms with E-state index >= 15 is 0 Å². The number of rotatable bonds is 8. The molecule has 0 aliphatic carbocycles. The van der Waals surface area contributed by atoms with Gasteiger partial charge in [0.25, 0.3) is 5.91 Å². The Kier molecular flexibility index (Phi) is 8.39. The molecule has 1 aliphatic rings. The zero-order chi connectivity index (χ0) is 25.9. The van der Waals surface area contributed by atoms with E-state index in [9.17, 15) is 22.8 Å².